The summed E-state index contributed by atoms with van der Waals surface area (Å²) in [4.78, 5) is 25.7. The van der Waals surface area contributed by atoms with Crippen molar-refractivity contribution >= 4 is 5.91 Å². The second-order valence-corrected chi connectivity index (χ2v) is 8.04. The molecule has 2 aromatic rings. The molecule has 2 aliphatic heterocycles. The molecule has 0 radical (unpaired) electrons. The summed E-state index contributed by atoms with van der Waals surface area (Å²) >= 11 is 0. The van der Waals surface area contributed by atoms with Crippen LogP contribution in [0.5, 0.6) is 5.75 Å². The number of piperidine rings is 1. The van der Waals surface area contributed by atoms with E-state index in [9.17, 15) is 4.79 Å². The van der Waals surface area contributed by atoms with Crippen LogP contribution in [0, 0.1) is 0 Å². The van der Waals surface area contributed by atoms with Gasteiger partial charge in [0.1, 0.15) is 11.6 Å². The first-order chi connectivity index (χ1) is 14.1. The average Bonchev–Trinajstić information content (AvgIpc) is 2.75. The molecule has 29 heavy (non-hydrogen) atoms. The SMILES string of the molecule is CCOc1ccc(CN2CCc3nc([C@@H]4CCCN(C(C)=O)C4)ncc3C2)cc1. The van der Waals surface area contributed by atoms with E-state index in [1.807, 2.05) is 30.2 Å². The third-order valence-electron chi connectivity index (χ3n) is 5.90. The van der Waals surface area contributed by atoms with E-state index in [1.54, 1.807) is 6.92 Å². The Balaban J connectivity index is 1.39. The van der Waals surface area contributed by atoms with Crippen LogP contribution in [0.25, 0.3) is 0 Å². The summed E-state index contributed by atoms with van der Waals surface area (Å²) in [7, 11) is 0. The number of hydrogen-bond donors (Lipinski definition) is 0. The molecular weight excluding hydrogens is 364 g/mol. The molecule has 1 aromatic heterocycles. The topological polar surface area (TPSA) is 58.6 Å². The quantitative estimate of drug-likeness (QED) is 0.780. The van der Waals surface area contributed by atoms with Crippen molar-refractivity contribution in [3.05, 3.63) is 53.1 Å². The Morgan fingerprint density at radius 1 is 1.24 bits per heavy atom. The fourth-order valence-electron chi connectivity index (χ4n) is 4.31. The van der Waals surface area contributed by atoms with Crippen molar-refractivity contribution in [1.29, 1.82) is 0 Å². The van der Waals surface area contributed by atoms with Gasteiger partial charge in [0.15, 0.2) is 0 Å². The molecule has 0 saturated carbocycles. The van der Waals surface area contributed by atoms with E-state index in [2.05, 4.69) is 17.0 Å². The minimum atomic E-state index is 0.151. The Hall–Kier alpha value is -2.47. The molecule has 0 aliphatic carbocycles. The molecule has 3 heterocycles. The van der Waals surface area contributed by atoms with Gasteiger partial charge in [0.2, 0.25) is 5.91 Å². The van der Waals surface area contributed by atoms with Gasteiger partial charge in [0.25, 0.3) is 0 Å². The third-order valence-corrected chi connectivity index (χ3v) is 5.90. The van der Waals surface area contributed by atoms with Gasteiger partial charge in [-0.3, -0.25) is 9.69 Å². The summed E-state index contributed by atoms with van der Waals surface area (Å²) in [6.07, 6.45) is 5.05. The minimum Gasteiger partial charge on any atom is -0.494 e. The highest BCUT2D eigenvalue weighted by molar-refractivity contribution is 5.73. The van der Waals surface area contributed by atoms with E-state index in [1.165, 1.54) is 16.8 Å². The number of likely N-dealkylation sites (tertiary alicyclic amines) is 1. The zero-order chi connectivity index (χ0) is 20.2. The maximum atomic E-state index is 11.7. The highest BCUT2D eigenvalue weighted by Crippen LogP contribution is 2.27. The van der Waals surface area contributed by atoms with Crippen molar-refractivity contribution in [1.82, 2.24) is 19.8 Å². The van der Waals surface area contributed by atoms with E-state index >= 15 is 0 Å². The van der Waals surface area contributed by atoms with E-state index in [0.29, 0.717) is 6.61 Å². The Morgan fingerprint density at radius 2 is 2.07 bits per heavy atom. The number of nitrogens with zero attached hydrogens (tertiary/aromatic N) is 4. The molecule has 1 atom stereocenters. The molecule has 4 rings (SSSR count). The van der Waals surface area contributed by atoms with Crippen LogP contribution < -0.4 is 4.74 Å². The summed E-state index contributed by atoms with van der Waals surface area (Å²) < 4.78 is 5.53. The number of fused-ring (bicyclic) bond motifs is 1. The van der Waals surface area contributed by atoms with Crippen LogP contribution in [0.4, 0.5) is 0 Å². The van der Waals surface area contributed by atoms with Crippen LogP contribution in [0.3, 0.4) is 0 Å². The second kappa shape index (κ2) is 8.91. The van der Waals surface area contributed by atoms with Crippen molar-refractivity contribution < 1.29 is 9.53 Å². The van der Waals surface area contributed by atoms with Crippen molar-refractivity contribution in [2.24, 2.45) is 0 Å². The van der Waals surface area contributed by atoms with Crippen LogP contribution in [0.2, 0.25) is 0 Å². The highest BCUT2D eigenvalue weighted by Gasteiger charge is 2.26. The van der Waals surface area contributed by atoms with Crippen LogP contribution in [0.15, 0.2) is 30.5 Å². The van der Waals surface area contributed by atoms with Gasteiger partial charge in [-0.25, -0.2) is 9.97 Å². The highest BCUT2D eigenvalue weighted by atomic mass is 16.5. The van der Waals surface area contributed by atoms with Crippen molar-refractivity contribution in [3.63, 3.8) is 0 Å². The largest absolute Gasteiger partial charge is 0.494 e. The Labute approximate surface area is 172 Å². The lowest BCUT2D eigenvalue weighted by atomic mass is 9.96. The number of carbonyl (C=O) groups excluding carboxylic acids is 1. The van der Waals surface area contributed by atoms with Crippen molar-refractivity contribution in [2.75, 3.05) is 26.2 Å². The van der Waals surface area contributed by atoms with Crippen LogP contribution in [-0.4, -0.2) is 51.9 Å². The number of ether oxygens (including phenoxy) is 1. The Kier molecular flexibility index (Phi) is 6.09. The summed E-state index contributed by atoms with van der Waals surface area (Å²) in [5, 5.41) is 0. The van der Waals surface area contributed by atoms with Gasteiger partial charge < -0.3 is 9.64 Å². The number of benzene rings is 1. The second-order valence-electron chi connectivity index (χ2n) is 8.04. The van der Waals surface area contributed by atoms with Crippen LogP contribution in [-0.2, 0) is 24.3 Å². The predicted octanol–water partition coefficient (Wildman–Crippen LogP) is 3.16. The van der Waals surface area contributed by atoms with E-state index in [4.69, 9.17) is 14.7 Å². The van der Waals surface area contributed by atoms with Gasteiger partial charge in [0.05, 0.1) is 6.61 Å². The van der Waals surface area contributed by atoms with E-state index < -0.39 is 0 Å². The van der Waals surface area contributed by atoms with Gasteiger partial charge in [-0.1, -0.05) is 12.1 Å². The van der Waals surface area contributed by atoms with Gasteiger partial charge in [0, 0.05) is 69.4 Å². The van der Waals surface area contributed by atoms with E-state index in [-0.39, 0.29) is 11.8 Å². The predicted molar refractivity (Wildman–Crippen MR) is 112 cm³/mol. The molecule has 0 spiro atoms. The molecule has 2 aliphatic rings. The molecule has 6 heteroatoms. The molecule has 0 unspecified atom stereocenters. The van der Waals surface area contributed by atoms with Crippen LogP contribution >= 0.6 is 0 Å². The molecule has 1 fully saturated rings. The molecule has 1 saturated heterocycles. The Bertz CT molecular complexity index is 852. The molecule has 0 N–H and O–H groups in total. The number of rotatable bonds is 5. The van der Waals surface area contributed by atoms with Crippen molar-refractivity contribution in [2.45, 2.75) is 52.1 Å². The fraction of sp³-hybridized carbons (Fsp3) is 0.522. The normalized spacial score (nSPS) is 19.7. The smallest absolute Gasteiger partial charge is 0.219 e. The maximum absolute atomic E-state index is 11.7. The third kappa shape index (κ3) is 4.75. The minimum absolute atomic E-state index is 0.151. The lowest BCUT2D eigenvalue weighted by molar-refractivity contribution is -0.130. The summed E-state index contributed by atoms with van der Waals surface area (Å²) in [6.45, 7) is 8.75. The number of aromatic nitrogens is 2. The standard InChI is InChI=1S/C23H30N4O2/c1-3-29-21-8-6-18(7-9-21)14-26-12-10-22-20(15-26)13-24-23(25-22)19-5-4-11-27(16-19)17(2)28/h6-9,13,19H,3-5,10-12,14-16H2,1-2H3/t19-/m1/s1. The summed E-state index contributed by atoms with van der Waals surface area (Å²) in [5.41, 5.74) is 3.70. The number of carbonyl (C=O) groups is 1. The molecule has 0 bridgehead atoms. The maximum Gasteiger partial charge on any atom is 0.219 e. The molecule has 1 aromatic carbocycles. The Morgan fingerprint density at radius 3 is 2.83 bits per heavy atom. The van der Waals surface area contributed by atoms with E-state index in [0.717, 1.165) is 63.6 Å². The summed E-state index contributed by atoms with van der Waals surface area (Å²) in [5.74, 6) is 2.25. The molecule has 154 valence electrons. The monoisotopic (exact) mass is 394 g/mol. The first kappa shape index (κ1) is 19.8. The molecular formula is C23H30N4O2. The van der Waals surface area contributed by atoms with Gasteiger partial charge >= 0.3 is 0 Å². The number of amides is 1. The van der Waals surface area contributed by atoms with Crippen LogP contribution in [0.1, 0.15) is 55.3 Å². The first-order valence-corrected chi connectivity index (χ1v) is 10.7. The average molecular weight is 395 g/mol. The van der Waals surface area contributed by atoms with Gasteiger partial charge in [-0.2, -0.15) is 0 Å². The van der Waals surface area contributed by atoms with Gasteiger partial charge in [-0.15, -0.1) is 0 Å². The zero-order valence-electron chi connectivity index (χ0n) is 17.4. The van der Waals surface area contributed by atoms with Crippen molar-refractivity contribution in [3.8, 4) is 5.75 Å². The fourth-order valence-corrected chi connectivity index (χ4v) is 4.31. The first-order valence-electron chi connectivity index (χ1n) is 10.7. The lowest BCUT2D eigenvalue weighted by Gasteiger charge is -2.32. The molecule has 1 amide bonds. The summed E-state index contributed by atoms with van der Waals surface area (Å²) in [6, 6.07) is 8.37. The molecule has 6 nitrogen and oxygen atoms in total. The zero-order valence-corrected chi connectivity index (χ0v) is 17.4. The van der Waals surface area contributed by atoms with Gasteiger partial charge in [-0.05, 0) is 37.5 Å². The lowest BCUT2D eigenvalue weighted by Crippen LogP contribution is -2.38. The number of hydrogen-bond acceptors (Lipinski definition) is 5.